The molecule has 8 heteroatoms. The molecule has 0 spiro atoms. The molecule has 28 heavy (non-hydrogen) atoms. The average Bonchev–Trinajstić information content (AvgIpc) is 3.43. The molecular formula is C20H29N3O3S2. The zero-order valence-electron chi connectivity index (χ0n) is 16.5. The third-order valence-corrected chi connectivity index (χ3v) is 9.11. The van der Waals surface area contributed by atoms with Gasteiger partial charge in [-0.2, -0.15) is 0 Å². The maximum absolute atomic E-state index is 13.2. The van der Waals surface area contributed by atoms with Crippen molar-refractivity contribution in [3.05, 3.63) is 33.8 Å². The molecule has 4 rings (SSSR count). The molecule has 1 aliphatic heterocycles. The van der Waals surface area contributed by atoms with Crippen LogP contribution < -0.4 is 0 Å². The third-order valence-electron chi connectivity index (χ3n) is 5.90. The smallest absolute Gasteiger partial charge is 0.228 e. The van der Waals surface area contributed by atoms with Crippen LogP contribution in [0.2, 0.25) is 0 Å². The van der Waals surface area contributed by atoms with Crippen molar-refractivity contribution >= 4 is 21.2 Å². The Morgan fingerprint density at radius 2 is 2.14 bits per heavy atom. The van der Waals surface area contributed by atoms with Crippen molar-refractivity contribution < 1.29 is 13.2 Å². The van der Waals surface area contributed by atoms with Gasteiger partial charge < -0.3 is 9.30 Å². The van der Waals surface area contributed by atoms with Gasteiger partial charge in [-0.3, -0.25) is 4.90 Å². The van der Waals surface area contributed by atoms with Gasteiger partial charge in [-0.25, -0.2) is 13.4 Å². The lowest BCUT2D eigenvalue weighted by Gasteiger charge is -2.27. The molecule has 2 aromatic rings. The van der Waals surface area contributed by atoms with Gasteiger partial charge in [-0.1, -0.05) is 12.8 Å². The fourth-order valence-electron chi connectivity index (χ4n) is 4.37. The molecule has 0 radical (unpaired) electrons. The van der Waals surface area contributed by atoms with Crippen molar-refractivity contribution in [2.24, 2.45) is 0 Å². The average molecular weight is 424 g/mol. The van der Waals surface area contributed by atoms with E-state index in [1.165, 1.54) is 10.4 Å². The fraction of sp³-hybridized carbons (Fsp3) is 0.650. The molecule has 0 saturated heterocycles. The monoisotopic (exact) mass is 423 g/mol. The number of aromatic nitrogens is 2. The first-order valence-corrected chi connectivity index (χ1v) is 12.6. The molecule has 6 nitrogen and oxygen atoms in total. The Labute approximate surface area is 171 Å². The van der Waals surface area contributed by atoms with Crippen molar-refractivity contribution in [3.63, 3.8) is 0 Å². The maximum Gasteiger partial charge on any atom is 0.228 e. The first-order valence-electron chi connectivity index (χ1n) is 10.1. The Balaban J connectivity index is 1.57. The Hall–Kier alpha value is -1.22. The van der Waals surface area contributed by atoms with E-state index in [0.29, 0.717) is 13.2 Å². The summed E-state index contributed by atoms with van der Waals surface area (Å²) < 4.78 is 33.5. The van der Waals surface area contributed by atoms with E-state index in [-0.39, 0.29) is 10.4 Å². The lowest BCUT2D eigenvalue weighted by molar-refractivity contribution is 0.187. The molecule has 0 bridgehead atoms. The molecule has 1 saturated carbocycles. The first kappa shape index (κ1) is 20.1. The van der Waals surface area contributed by atoms with Crippen LogP contribution in [-0.2, 0) is 40.6 Å². The van der Waals surface area contributed by atoms with Gasteiger partial charge in [0, 0.05) is 44.8 Å². The molecule has 0 unspecified atom stereocenters. The molecule has 1 aliphatic carbocycles. The van der Waals surface area contributed by atoms with Gasteiger partial charge in [0.05, 0.1) is 17.1 Å². The number of sulfone groups is 1. The quantitative estimate of drug-likeness (QED) is 0.610. The SMILES string of the molecule is COCCCn1c(CN2CCc3sccc3C2)cnc1S(=O)(=O)C1CCCC1. The van der Waals surface area contributed by atoms with Gasteiger partial charge >= 0.3 is 0 Å². The maximum atomic E-state index is 13.2. The predicted molar refractivity (Wildman–Crippen MR) is 110 cm³/mol. The van der Waals surface area contributed by atoms with E-state index in [1.54, 1.807) is 13.3 Å². The van der Waals surface area contributed by atoms with Crippen LogP contribution in [0.5, 0.6) is 0 Å². The molecule has 2 aromatic heterocycles. The zero-order valence-corrected chi connectivity index (χ0v) is 18.1. The summed E-state index contributed by atoms with van der Waals surface area (Å²) in [6.07, 6.45) is 7.14. The van der Waals surface area contributed by atoms with E-state index in [2.05, 4.69) is 21.3 Å². The van der Waals surface area contributed by atoms with Crippen molar-refractivity contribution in [1.82, 2.24) is 14.5 Å². The minimum atomic E-state index is -3.37. The summed E-state index contributed by atoms with van der Waals surface area (Å²) in [4.78, 5) is 8.30. The van der Waals surface area contributed by atoms with Gasteiger partial charge in [0.2, 0.25) is 15.0 Å². The van der Waals surface area contributed by atoms with Crippen LogP contribution in [0.1, 0.15) is 48.2 Å². The van der Waals surface area contributed by atoms with Crippen LogP contribution in [-0.4, -0.2) is 48.4 Å². The minimum Gasteiger partial charge on any atom is -0.385 e. The summed E-state index contributed by atoms with van der Waals surface area (Å²) in [6.45, 7) is 3.90. The molecule has 3 heterocycles. The summed E-state index contributed by atoms with van der Waals surface area (Å²) in [6, 6.07) is 2.21. The van der Waals surface area contributed by atoms with Gasteiger partial charge in [0.1, 0.15) is 0 Å². The lowest BCUT2D eigenvalue weighted by atomic mass is 10.1. The van der Waals surface area contributed by atoms with E-state index in [9.17, 15) is 8.42 Å². The van der Waals surface area contributed by atoms with E-state index in [1.807, 2.05) is 15.9 Å². The Bertz CT molecular complexity index is 898. The van der Waals surface area contributed by atoms with Crippen LogP contribution in [0.4, 0.5) is 0 Å². The van der Waals surface area contributed by atoms with Gasteiger partial charge in [0.15, 0.2) is 0 Å². The Kier molecular flexibility index (Phi) is 6.20. The molecule has 0 N–H and O–H groups in total. The van der Waals surface area contributed by atoms with E-state index >= 15 is 0 Å². The number of rotatable bonds is 8. The highest BCUT2D eigenvalue weighted by Crippen LogP contribution is 2.30. The summed E-state index contributed by atoms with van der Waals surface area (Å²) in [5.74, 6) is 0. The van der Waals surface area contributed by atoms with Crippen LogP contribution >= 0.6 is 11.3 Å². The normalized spacial score (nSPS) is 18.6. The van der Waals surface area contributed by atoms with Gasteiger partial charge in [-0.05, 0) is 42.7 Å². The number of nitrogens with zero attached hydrogens (tertiary/aromatic N) is 3. The van der Waals surface area contributed by atoms with Crippen LogP contribution in [0.3, 0.4) is 0 Å². The molecule has 0 aromatic carbocycles. The van der Waals surface area contributed by atoms with E-state index in [0.717, 1.165) is 63.9 Å². The number of fused-ring (bicyclic) bond motifs is 1. The van der Waals surface area contributed by atoms with Crippen molar-refractivity contribution in [2.75, 3.05) is 20.3 Å². The van der Waals surface area contributed by atoms with Crippen molar-refractivity contribution in [3.8, 4) is 0 Å². The summed E-state index contributed by atoms with van der Waals surface area (Å²) in [5, 5.41) is 2.15. The van der Waals surface area contributed by atoms with E-state index < -0.39 is 9.84 Å². The largest absolute Gasteiger partial charge is 0.385 e. The molecule has 0 atom stereocenters. The Morgan fingerprint density at radius 3 is 2.93 bits per heavy atom. The topological polar surface area (TPSA) is 64.4 Å². The number of imidazole rings is 1. The van der Waals surface area contributed by atoms with Crippen molar-refractivity contribution in [1.29, 1.82) is 0 Å². The number of ether oxygens (including phenoxy) is 1. The van der Waals surface area contributed by atoms with Gasteiger partial charge in [-0.15, -0.1) is 11.3 Å². The second kappa shape index (κ2) is 8.65. The Morgan fingerprint density at radius 1 is 1.32 bits per heavy atom. The highest BCUT2D eigenvalue weighted by atomic mass is 32.2. The molecule has 154 valence electrons. The summed E-state index contributed by atoms with van der Waals surface area (Å²) in [5.41, 5.74) is 2.40. The molecular weight excluding hydrogens is 394 g/mol. The van der Waals surface area contributed by atoms with Crippen LogP contribution in [0.25, 0.3) is 0 Å². The van der Waals surface area contributed by atoms with Crippen molar-refractivity contribution in [2.45, 2.75) is 68.6 Å². The molecule has 2 aliphatic rings. The minimum absolute atomic E-state index is 0.263. The molecule has 1 fully saturated rings. The number of hydrogen-bond acceptors (Lipinski definition) is 6. The standard InChI is InChI=1S/C20H29N3O3S2/c1-26-11-4-9-23-17(15-22-10-7-19-16(14-22)8-12-27-19)13-21-20(23)28(24,25)18-5-2-3-6-18/h8,12-13,18H,2-7,9-11,14-15H2,1H3. The second-order valence-electron chi connectivity index (χ2n) is 7.81. The van der Waals surface area contributed by atoms with Crippen LogP contribution in [0, 0.1) is 0 Å². The number of methoxy groups -OCH3 is 1. The van der Waals surface area contributed by atoms with Gasteiger partial charge in [0.25, 0.3) is 0 Å². The van der Waals surface area contributed by atoms with E-state index in [4.69, 9.17) is 4.74 Å². The zero-order chi connectivity index (χ0) is 19.6. The summed E-state index contributed by atoms with van der Waals surface area (Å²) in [7, 11) is -1.69. The lowest BCUT2D eigenvalue weighted by Crippen LogP contribution is -2.30. The highest BCUT2D eigenvalue weighted by molar-refractivity contribution is 7.91. The first-order chi connectivity index (χ1) is 13.6. The fourth-order valence-corrected chi connectivity index (χ4v) is 7.23. The summed E-state index contributed by atoms with van der Waals surface area (Å²) >= 11 is 1.83. The number of hydrogen-bond donors (Lipinski definition) is 0. The highest BCUT2D eigenvalue weighted by Gasteiger charge is 2.34. The second-order valence-corrected chi connectivity index (χ2v) is 10.9. The molecule has 0 amide bonds. The number of thiophene rings is 1. The van der Waals surface area contributed by atoms with Crippen LogP contribution in [0.15, 0.2) is 22.8 Å². The third kappa shape index (κ3) is 4.06. The predicted octanol–water partition coefficient (Wildman–Crippen LogP) is 3.26.